The lowest BCUT2D eigenvalue weighted by molar-refractivity contribution is 0.145. The fourth-order valence-corrected chi connectivity index (χ4v) is 2.98. The van der Waals surface area contributed by atoms with Crippen LogP contribution in [0.3, 0.4) is 0 Å². The van der Waals surface area contributed by atoms with E-state index in [1.54, 1.807) is 5.56 Å². The summed E-state index contributed by atoms with van der Waals surface area (Å²) in [4.78, 5) is 2.73. The Morgan fingerprint density at radius 3 is 2.13 bits per heavy atom. The van der Waals surface area contributed by atoms with Crippen molar-refractivity contribution in [3.05, 3.63) is 35.9 Å². The molecule has 1 aliphatic heterocycles. The molecular weight excluding hydrogens is 182 g/mol. The first-order valence-electron chi connectivity index (χ1n) is 6.22. The first-order valence-corrected chi connectivity index (χ1v) is 6.22. The van der Waals surface area contributed by atoms with Gasteiger partial charge in [-0.15, -0.1) is 0 Å². The second-order valence-corrected chi connectivity index (χ2v) is 4.95. The van der Waals surface area contributed by atoms with Crippen molar-refractivity contribution in [2.45, 2.75) is 37.6 Å². The maximum atomic E-state index is 2.73. The predicted molar refractivity (Wildman–Crippen MR) is 62.8 cm³/mol. The number of hydrogen-bond donors (Lipinski definition) is 0. The molecule has 0 atom stereocenters. The van der Waals surface area contributed by atoms with Gasteiger partial charge in [-0.05, 0) is 44.3 Å². The summed E-state index contributed by atoms with van der Waals surface area (Å²) in [6.45, 7) is 2.63. The van der Waals surface area contributed by atoms with Crippen molar-refractivity contribution in [2.75, 3.05) is 13.1 Å². The third-order valence-corrected chi connectivity index (χ3v) is 4.00. The van der Waals surface area contributed by atoms with E-state index in [1.807, 2.05) is 0 Å². The van der Waals surface area contributed by atoms with Gasteiger partial charge >= 0.3 is 0 Å². The monoisotopic (exact) mass is 201 g/mol. The molecule has 2 aliphatic rings. The molecule has 1 saturated carbocycles. The van der Waals surface area contributed by atoms with Crippen LogP contribution in [0.15, 0.2) is 30.3 Å². The van der Waals surface area contributed by atoms with Crippen LogP contribution in [0.2, 0.25) is 0 Å². The van der Waals surface area contributed by atoms with Gasteiger partial charge in [-0.1, -0.05) is 36.8 Å². The van der Waals surface area contributed by atoms with Crippen molar-refractivity contribution in [1.29, 1.82) is 0 Å². The summed E-state index contributed by atoms with van der Waals surface area (Å²) in [5, 5.41) is 0. The van der Waals surface area contributed by atoms with Gasteiger partial charge in [-0.3, -0.25) is 4.90 Å². The second-order valence-electron chi connectivity index (χ2n) is 4.95. The molecule has 1 heterocycles. The average molecular weight is 201 g/mol. The smallest absolute Gasteiger partial charge is 0.0462 e. The lowest BCUT2D eigenvalue weighted by Gasteiger charge is -2.35. The fourth-order valence-electron chi connectivity index (χ4n) is 2.98. The standard InChI is InChI=1S/C14H19N/c1-3-7-13(8-4-1)14(9-10-14)15-11-5-2-6-12-15/h1,3-4,7-8H,2,5-6,9-12H2. The molecule has 15 heavy (non-hydrogen) atoms. The van der Waals surface area contributed by atoms with Crippen LogP contribution in [0.1, 0.15) is 37.7 Å². The van der Waals surface area contributed by atoms with Crippen molar-refractivity contribution >= 4 is 0 Å². The first-order chi connectivity index (χ1) is 7.42. The van der Waals surface area contributed by atoms with E-state index in [9.17, 15) is 0 Å². The highest BCUT2D eigenvalue weighted by Gasteiger charge is 2.49. The van der Waals surface area contributed by atoms with Crippen LogP contribution in [0, 0.1) is 0 Å². The minimum atomic E-state index is 0.446. The molecule has 1 heteroatoms. The van der Waals surface area contributed by atoms with Gasteiger partial charge in [0.1, 0.15) is 0 Å². The number of piperidine rings is 1. The SMILES string of the molecule is c1ccc(C2(N3CCCCC3)CC2)cc1. The predicted octanol–water partition coefficient (Wildman–Crippen LogP) is 3.16. The number of benzene rings is 1. The average Bonchev–Trinajstić information content (AvgIpc) is 3.13. The molecule has 1 aromatic carbocycles. The normalized spacial score (nSPS) is 25.1. The highest BCUT2D eigenvalue weighted by molar-refractivity contribution is 5.30. The molecule has 0 spiro atoms. The van der Waals surface area contributed by atoms with Gasteiger partial charge in [0.15, 0.2) is 0 Å². The summed E-state index contributed by atoms with van der Waals surface area (Å²) in [6, 6.07) is 11.1. The first kappa shape index (κ1) is 9.41. The zero-order chi connectivity index (χ0) is 10.1. The largest absolute Gasteiger partial charge is 0.294 e. The number of likely N-dealkylation sites (tertiary alicyclic amines) is 1. The Bertz CT molecular complexity index is 320. The van der Waals surface area contributed by atoms with Crippen LogP contribution in [0.4, 0.5) is 0 Å². The lowest BCUT2D eigenvalue weighted by Crippen LogP contribution is -2.39. The Labute approximate surface area is 92.1 Å². The number of nitrogens with zero attached hydrogens (tertiary/aromatic N) is 1. The van der Waals surface area contributed by atoms with Crippen molar-refractivity contribution < 1.29 is 0 Å². The summed E-state index contributed by atoms with van der Waals surface area (Å²) in [6.07, 6.45) is 6.97. The Morgan fingerprint density at radius 1 is 0.867 bits per heavy atom. The van der Waals surface area contributed by atoms with Gasteiger partial charge in [0.2, 0.25) is 0 Å². The topological polar surface area (TPSA) is 3.24 Å². The van der Waals surface area contributed by atoms with Gasteiger partial charge in [-0.25, -0.2) is 0 Å². The van der Waals surface area contributed by atoms with E-state index in [0.717, 1.165) is 0 Å². The van der Waals surface area contributed by atoms with Crippen molar-refractivity contribution in [2.24, 2.45) is 0 Å². The zero-order valence-corrected chi connectivity index (χ0v) is 9.28. The second kappa shape index (κ2) is 3.64. The Hall–Kier alpha value is -0.820. The van der Waals surface area contributed by atoms with E-state index in [2.05, 4.69) is 35.2 Å². The molecule has 0 radical (unpaired) electrons. The molecule has 1 nitrogen and oxygen atoms in total. The van der Waals surface area contributed by atoms with Crippen LogP contribution in [-0.2, 0) is 5.54 Å². The summed E-state index contributed by atoms with van der Waals surface area (Å²) < 4.78 is 0. The highest BCUT2D eigenvalue weighted by Crippen LogP contribution is 2.51. The molecular formula is C14H19N. The molecule has 1 aromatic rings. The maximum Gasteiger partial charge on any atom is 0.0462 e. The summed E-state index contributed by atoms with van der Waals surface area (Å²) in [5.74, 6) is 0. The van der Waals surface area contributed by atoms with E-state index < -0.39 is 0 Å². The molecule has 0 amide bonds. The van der Waals surface area contributed by atoms with Gasteiger partial charge in [0.05, 0.1) is 0 Å². The quantitative estimate of drug-likeness (QED) is 0.710. The molecule has 0 unspecified atom stereocenters. The molecule has 3 rings (SSSR count). The van der Waals surface area contributed by atoms with Crippen LogP contribution < -0.4 is 0 Å². The third-order valence-electron chi connectivity index (χ3n) is 4.00. The molecule has 1 aliphatic carbocycles. The molecule has 2 fully saturated rings. The van der Waals surface area contributed by atoms with E-state index in [-0.39, 0.29) is 0 Å². The lowest BCUT2D eigenvalue weighted by atomic mass is 10.00. The van der Waals surface area contributed by atoms with E-state index in [0.29, 0.717) is 5.54 Å². The van der Waals surface area contributed by atoms with Crippen molar-refractivity contribution in [3.8, 4) is 0 Å². The minimum Gasteiger partial charge on any atom is -0.294 e. The van der Waals surface area contributed by atoms with Crippen LogP contribution in [0.5, 0.6) is 0 Å². The summed E-state index contributed by atoms with van der Waals surface area (Å²) >= 11 is 0. The third kappa shape index (κ3) is 1.59. The number of rotatable bonds is 2. The van der Waals surface area contributed by atoms with E-state index >= 15 is 0 Å². The number of hydrogen-bond acceptors (Lipinski definition) is 1. The van der Waals surface area contributed by atoms with Crippen molar-refractivity contribution in [3.63, 3.8) is 0 Å². The molecule has 0 bridgehead atoms. The highest BCUT2D eigenvalue weighted by atomic mass is 15.2. The maximum absolute atomic E-state index is 2.73. The fraction of sp³-hybridized carbons (Fsp3) is 0.571. The Morgan fingerprint density at radius 2 is 1.53 bits per heavy atom. The van der Waals surface area contributed by atoms with Crippen LogP contribution in [-0.4, -0.2) is 18.0 Å². The van der Waals surface area contributed by atoms with Crippen LogP contribution >= 0.6 is 0 Å². The van der Waals surface area contributed by atoms with Crippen LogP contribution in [0.25, 0.3) is 0 Å². The minimum absolute atomic E-state index is 0.446. The van der Waals surface area contributed by atoms with Gasteiger partial charge in [0.25, 0.3) is 0 Å². The molecule has 0 aromatic heterocycles. The van der Waals surface area contributed by atoms with E-state index in [1.165, 1.54) is 45.2 Å². The summed E-state index contributed by atoms with van der Waals surface area (Å²) in [7, 11) is 0. The van der Waals surface area contributed by atoms with Gasteiger partial charge in [0, 0.05) is 5.54 Å². The van der Waals surface area contributed by atoms with Crippen molar-refractivity contribution in [1.82, 2.24) is 4.90 Å². The van der Waals surface area contributed by atoms with E-state index in [4.69, 9.17) is 0 Å². The zero-order valence-electron chi connectivity index (χ0n) is 9.28. The Balaban J connectivity index is 1.84. The summed E-state index contributed by atoms with van der Waals surface area (Å²) in [5.41, 5.74) is 1.99. The molecule has 1 saturated heterocycles. The Kier molecular flexibility index (Phi) is 2.28. The van der Waals surface area contributed by atoms with Gasteiger partial charge < -0.3 is 0 Å². The van der Waals surface area contributed by atoms with Gasteiger partial charge in [-0.2, -0.15) is 0 Å². The molecule has 80 valence electrons. The molecule has 0 N–H and O–H groups in total.